The van der Waals surface area contributed by atoms with Crippen LogP contribution >= 0.6 is 15.9 Å². The molecule has 0 aliphatic carbocycles. The molecular formula is C13H13BrNO. The van der Waals surface area contributed by atoms with Crippen LogP contribution in [-0.4, -0.2) is 23.9 Å². The van der Waals surface area contributed by atoms with Gasteiger partial charge >= 0.3 is 0 Å². The third-order valence-electron chi connectivity index (χ3n) is 2.75. The lowest BCUT2D eigenvalue weighted by Crippen LogP contribution is -2.28. The summed E-state index contributed by atoms with van der Waals surface area (Å²) < 4.78 is 0.956. The fraction of sp³-hybridized carbons (Fsp3) is 0.308. The summed E-state index contributed by atoms with van der Waals surface area (Å²) in [5, 5.41) is 0. The van der Waals surface area contributed by atoms with E-state index in [1.165, 1.54) is 0 Å². The number of carbonyl (C=O) groups excluding carboxylic acids is 1. The Bertz CT molecular complexity index is 404. The molecule has 2 nitrogen and oxygen atoms in total. The van der Waals surface area contributed by atoms with Crippen molar-refractivity contribution in [2.24, 2.45) is 0 Å². The van der Waals surface area contributed by atoms with Crippen LogP contribution in [0.15, 0.2) is 29.3 Å². The van der Waals surface area contributed by atoms with E-state index in [2.05, 4.69) is 28.6 Å². The van der Waals surface area contributed by atoms with Gasteiger partial charge in [-0.2, -0.15) is 0 Å². The maximum Gasteiger partial charge on any atom is 0.253 e. The second kappa shape index (κ2) is 4.83. The minimum absolute atomic E-state index is 0.0380. The highest BCUT2D eigenvalue weighted by molar-refractivity contribution is 9.10. The topological polar surface area (TPSA) is 20.3 Å². The van der Waals surface area contributed by atoms with E-state index >= 15 is 0 Å². The molecule has 1 saturated heterocycles. The van der Waals surface area contributed by atoms with E-state index in [1.807, 2.05) is 17.0 Å². The van der Waals surface area contributed by atoms with Crippen molar-refractivity contribution in [3.05, 3.63) is 40.9 Å². The normalized spacial score (nSPS) is 15.2. The van der Waals surface area contributed by atoms with Gasteiger partial charge in [0.05, 0.1) is 0 Å². The highest BCUT2D eigenvalue weighted by Gasteiger charge is 2.20. The molecule has 1 heterocycles. The molecule has 1 fully saturated rings. The molecule has 1 aromatic carbocycles. The quantitative estimate of drug-likeness (QED) is 0.762. The number of likely N-dealkylation sites (tertiary alicyclic amines) is 1. The number of rotatable bonds is 2. The molecule has 0 N–H and O–H groups in total. The Hall–Kier alpha value is -1.09. The zero-order valence-electron chi connectivity index (χ0n) is 9.00. The summed E-state index contributed by atoms with van der Waals surface area (Å²) in [5.41, 5.74) is 1.31. The van der Waals surface area contributed by atoms with E-state index in [0.717, 1.165) is 36.0 Å². The molecule has 0 spiro atoms. The van der Waals surface area contributed by atoms with Crippen LogP contribution in [-0.2, 0) is 4.79 Å². The van der Waals surface area contributed by atoms with E-state index in [-0.39, 0.29) is 5.91 Å². The van der Waals surface area contributed by atoms with Gasteiger partial charge in [-0.25, -0.2) is 0 Å². The van der Waals surface area contributed by atoms with Crippen molar-refractivity contribution in [2.75, 3.05) is 13.1 Å². The first-order chi connectivity index (χ1) is 7.68. The molecule has 1 aliphatic heterocycles. The fourth-order valence-electron chi connectivity index (χ4n) is 1.82. The van der Waals surface area contributed by atoms with Crippen LogP contribution < -0.4 is 0 Å². The van der Waals surface area contributed by atoms with E-state index in [0.29, 0.717) is 5.57 Å². The Kier molecular flexibility index (Phi) is 3.44. The summed E-state index contributed by atoms with van der Waals surface area (Å²) in [6.45, 7) is 5.57. The van der Waals surface area contributed by atoms with Crippen molar-refractivity contribution < 1.29 is 4.79 Å². The molecule has 2 rings (SSSR count). The summed E-state index contributed by atoms with van der Waals surface area (Å²) >= 11 is 3.34. The lowest BCUT2D eigenvalue weighted by molar-refractivity contribution is -0.123. The number of carbonyl (C=O) groups is 1. The molecule has 1 aromatic rings. The van der Waals surface area contributed by atoms with E-state index in [1.54, 1.807) is 6.07 Å². The predicted octanol–water partition coefficient (Wildman–Crippen LogP) is 2.88. The molecule has 1 amide bonds. The average Bonchev–Trinajstić information content (AvgIpc) is 2.81. The van der Waals surface area contributed by atoms with Crippen molar-refractivity contribution in [2.45, 2.75) is 12.8 Å². The van der Waals surface area contributed by atoms with Crippen LogP contribution in [0.3, 0.4) is 0 Å². The van der Waals surface area contributed by atoms with Crippen molar-refractivity contribution in [3.63, 3.8) is 0 Å². The molecule has 0 aromatic heterocycles. The van der Waals surface area contributed by atoms with E-state index < -0.39 is 0 Å². The molecule has 1 aliphatic rings. The summed E-state index contributed by atoms with van der Waals surface area (Å²) in [7, 11) is 0. The maximum absolute atomic E-state index is 12.0. The SMILES string of the molecule is C=C(C(=O)N1CCCC1)c1[c]cc(Br)cc1. The minimum Gasteiger partial charge on any atom is -0.339 e. The summed E-state index contributed by atoms with van der Waals surface area (Å²) in [4.78, 5) is 13.9. The number of hydrogen-bond acceptors (Lipinski definition) is 1. The van der Waals surface area contributed by atoms with Gasteiger partial charge in [0.25, 0.3) is 5.91 Å². The summed E-state index contributed by atoms with van der Waals surface area (Å²) in [6, 6.07) is 8.61. The van der Waals surface area contributed by atoms with Gasteiger partial charge in [0.2, 0.25) is 0 Å². The largest absolute Gasteiger partial charge is 0.339 e. The third kappa shape index (κ3) is 2.35. The predicted molar refractivity (Wildman–Crippen MR) is 67.8 cm³/mol. The minimum atomic E-state index is 0.0380. The van der Waals surface area contributed by atoms with Crippen molar-refractivity contribution in [3.8, 4) is 0 Å². The number of nitrogens with zero attached hydrogens (tertiary/aromatic N) is 1. The van der Waals surface area contributed by atoms with E-state index in [9.17, 15) is 4.79 Å². The second-order valence-electron chi connectivity index (χ2n) is 3.90. The van der Waals surface area contributed by atoms with Gasteiger partial charge in [-0.15, -0.1) is 0 Å². The van der Waals surface area contributed by atoms with Gasteiger partial charge in [-0.05, 0) is 36.6 Å². The molecule has 3 heteroatoms. The van der Waals surface area contributed by atoms with E-state index in [4.69, 9.17) is 0 Å². The summed E-state index contributed by atoms with van der Waals surface area (Å²) in [6.07, 6.45) is 2.20. The Labute approximate surface area is 104 Å². The smallest absolute Gasteiger partial charge is 0.253 e. The molecular weight excluding hydrogens is 266 g/mol. The van der Waals surface area contributed by atoms with Crippen LogP contribution in [0.5, 0.6) is 0 Å². The fourth-order valence-corrected chi connectivity index (χ4v) is 2.07. The Morgan fingerprint density at radius 1 is 1.38 bits per heavy atom. The third-order valence-corrected chi connectivity index (χ3v) is 3.24. The van der Waals surface area contributed by atoms with Gasteiger partial charge in [0.15, 0.2) is 0 Å². The highest BCUT2D eigenvalue weighted by atomic mass is 79.9. The van der Waals surface area contributed by atoms with Gasteiger partial charge in [0, 0.05) is 23.1 Å². The number of benzene rings is 1. The highest BCUT2D eigenvalue weighted by Crippen LogP contribution is 2.20. The molecule has 83 valence electrons. The molecule has 0 unspecified atom stereocenters. The van der Waals surface area contributed by atoms with Crippen LogP contribution in [0.4, 0.5) is 0 Å². The first-order valence-corrected chi connectivity index (χ1v) is 6.13. The zero-order valence-corrected chi connectivity index (χ0v) is 10.6. The summed E-state index contributed by atoms with van der Waals surface area (Å²) in [5.74, 6) is 0.0380. The average molecular weight is 279 g/mol. The number of amides is 1. The molecule has 0 atom stereocenters. The van der Waals surface area contributed by atoms with Crippen molar-refractivity contribution >= 4 is 27.4 Å². The Balaban J connectivity index is 2.12. The molecule has 0 saturated carbocycles. The first kappa shape index (κ1) is 11.4. The second-order valence-corrected chi connectivity index (χ2v) is 4.81. The molecule has 16 heavy (non-hydrogen) atoms. The standard InChI is InChI=1S/C13H13BrNO/c1-10(11-4-6-12(14)7-5-11)13(16)15-8-2-3-9-15/h4,6-7H,1-3,8-9H2. The first-order valence-electron chi connectivity index (χ1n) is 5.34. The Morgan fingerprint density at radius 2 is 2.06 bits per heavy atom. The van der Waals surface area contributed by atoms with Crippen molar-refractivity contribution in [1.29, 1.82) is 0 Å². The number of hydrogen-bond donors (Lipinski definition) is 0. The van der Waals surface area contributed by atoms with Crippen LogP contribution in [0.2, 0.25) is 0 Å². The monoisotopic (exact) mass is 278 g/mol. The number of halogens is 1. The van der Waals surface area contributed by atoms with Gasteiger partial charge in [-0.1, -0.05) is 28.6 Å². The Morgan fingerprint density at radius 3 is 2.62 bits per heavy atom. The maximum atomic E-state index is 12.0. The van der Waals surface area contributed by atoms with Gasteiger partial charge in [0.1, 0.15) is 0 Å². The lowest BCUT2D eigenvalue weighted by Gasteiger charge is -2.16. The van der Waals surface area contributed by atoms with Crippen LogP contribution in [0, 0.1) is 6.07 Å². The molecule has 1 radical (unpaired) electrons. The lowest BCUT2D eigenvalue weighted by atomic mass is 10.1. The van der Waals surface area contributed by atoms with Crippen molar-refractivity contribution in [1.82, 2.24) is 4.90 Å². The van der Waals surface area contributed by atoms with Crippen LogP contribution in [0.25, 0.3) is 5.57 Å². The van der Waals surface area contributed by atoms with Gasteiger partial charge < -0.3 is 4.90 Å². The zero-order chi connectivity index (χ0) is 11.5. The van der Waals surface area contributed by atoms with Gasteiger partial charge in [-0.3, -0.25) is 4.79 Å². The van der Waals surface area contributed by atoms with Crippen LogP contribution in [0.1, 0.15) is 18.4 Å². The molecule has 0 bridgehead atoms.